The Balaban J connectivity index is 1.67. The van der Waals surface area contributed by atoms with Crippen LogP contribution >= 0.6 is 0 Å². The van der Waals surface area contributed by atoms with Crippen molar-refractivity contribution in [3.05, 3.63) is 0 Å². The second-order valence-electron chi connectivity index (χ2n) is 9.85. The summed E-state index contributed by atoms with van der Waals surface area (Å²) < 4.78 is 0. The third-order valence-electron chi connectivity index (χ3n) is 9.08. The van der Waals surface area contributed by atoms with Crippen molar-refractivity contribution < 1.29 is 0 Å². The first-order valence-electron chi connectivity index (χ1n) is 9.75. The van der Waals surface area contributed by atoms with Gasteiger partial charge < -0.3 is 0 Å². The van der Waals surface area contributed by atoms with E-state index in [4.69, 9.17) is 0 Å². The van der Waals surface area contributed by atoms with Gasteiger partial charge in [0.2, 0.25) is 0 Å². The second-order valence-corrected chi connectivity index (χ2v) is 9.85. The molecule has 3 aliphatic carbocycles. The molecule has 21 heavy (non-hydrogen) atoms. The molecule has 0 saturated heterocycles. The predicted octanol–water partition coefficient (Wildman–Crippen LogP) is 6.40. The van der Waals surface area contributed by atoms with E-state index in [2.05, 4.69) is 48.5 Å². The maximum Gasteiger partial charge on any atom is -0.0243 e. The smallest absolute Gasteiger partial charge is 0.0243 e. The van der Waals surface area contributed by atoms with Gasteiger partial charge in [0, 0.05) is 0 Å². The van der Waals surface area contributed by atoms with Crippen molar-refractivity contribution in [1.82, 2.24) is 0 Å². The van der Waals surface area contributed by atoms with Crippen molar-refractivity contribution in [1.29, 1.82) is 0 Å². The van der Waals surface area contributed by atoms with Crippen LogP contribution in [0.25, 0.3) is 0 Å². The SMILES string of the molecule is CCC1(C(C)C(C)CC2C3CC(C)(CC3C)C2C)CC1C. The normalized spacial score (nSPS) is 54.7. The van der Waals surface area contributed by atoms with E-state index < -0.39 is 0 Å². The summed E-state index contributed by atoms with van der Waals surface area (Å²) in [6.07, 6.45) is 7.41. The largest absolute Gasteiger partial charge is 0.0648 e. The van der Waals surface area contributed by atoms with Crippen LogP contribution in [-0.2, 0) is 0 Å². The minimum atomic E-state index is 0.674. The van der Waals surface area contributed by atoms with Crippen molar-refractivity contribution >= 4 is 0 Å². The highest BCUT2D eigenvalue weighted by Gasteiger charge is 2.58. The summed E-state index contributed by atoms with van der Waals surface area (Å²) in [5, 5.41) is 0. The molecule has 0 aromatic carbocycles. The van der Waals surface area contributed by atoms with Gasteiger partial charge >= 0.3 is 0 Å². The Morgan fingerprint density at radius 2 is 1.67 bits per heavy atom. The minimum absolute atomic E-state index is 0.674. The van der Waals surface area contributed by atoms with Crippen LogP contribution in [0.1, 0.15) is 80.6 Å². The van der Waals surface area contributed by atoms with Crippen molar-refractivity contribution in [2.24, 2.45) is 52.3 Å². The molecule has 0 amide bonds. The zero-order valence-electron chi connectivity index (χ0n) is 15.6. The van der Waals surface area contributed by atoms with Gasteiger partial charge in [-0.05, 0) is 84.4 Å². The monoisotopic (exact) mass is 290 g/mol. The standard InChI is InChI=1S/C21H38/c1-8-21(11-15(21)4)16(5)13(2)9-18-17(6)20(7)10-14(3)19(18)12-20/h13-19H,8-12H2,1-7H3. The van der Waals surface area contributed by atoms with Gasteiger partial charge in [-0.1, -0.05) is 48.5 Å². The summed E-state index contributed by atoms with van der Waals surface area (Å²) in [5.74, 6) is 6.81. The first kappa shape index (κ1) is 15.9. The molecule has 0 aromatic heterocycles. The molecule has 9 atom stereocenters. The van der Waals surface area contributed by atoms with Crippen molar-refractivity contribution in [3.63, 3.8) is 0 Å². The molecule has 3 saturated carbocycles. The average molecular weight is 291 g/mol. The summed E-state index contributed by atoms with van der Waals surface area (Å²) in [6.45, 7) is 17.7. The molecule has 3 fully saturated rings. The van der Waals surface area contributed by atoms with E-state index in [0.29, 0.717) is 10.8 Å². The molecule has 0 spiro atoms. The van der Waals surface area contributed by atoms with Crippen molar-refractivity contribution in [2.45, 2.75) is 80.6 Å². The third-order valence-corrected chi connectivity index (χ3v) is 9.08. The van der Waals surface area contributed by atoms with E-state index >= 15 is 0 Å². The molecule has 0 N–H and O–H groups in total. The molecule has 3 aliphatic rings. The van der Waals surface area contributed by atoms with Crippen LogP contribution in [-0.4, -0.2) is 0 Å². The Kier molecular flexibility index (Phi) is 3.78. The fraction of sp³-hybridized carbons (Fsp3) is 1.00. The third kappa shape index (κ3) is 2.22. The molecule has 2 bridgehead atoms. The van der Waals surface area contributed by atoms with E-state index in [0.717, 1.165) is 41.4 Å². The Morgan fingerprint density at radius 3 is 2.14 bits per heavy atom. The quantitative estimate of drug-likeness (QED) is 0.549. The maximum absolute atomic E-state index is 2.58. The first-order chi connectivity index (χ1) is 9.75. The Hall–Kier alpha value is 0. The second kappa shape index (κ2) is 5.00. The van der Waals surface area contributed by atoms with Crippen molar-refractivity contribution in [3.8, 4) is 0 Å². The lowest BCUT2D eigenvalue weighted by Crippen LogP contribution is -2.33. The molecule has 0 heterocycles. The van der Waals surface area contributed by atoms with Gasteiger partial charge in [0.25, 0.3) is 0 Å². The van der Waals surface area contributed by atoms with E-state index in [1.807, 2.05) is 0 Å². The van der Waals surface area contributed by atoms with Gasteiger partial charge in [0.05, 0.1) is 0 Å². The summed E-state index contributed by atoms with van der Waals surface area (Å²) >= 11 is 0. The van der Waals surface area contributed by atoms with Crippen LogP contribution in [0, 0.1) is 52.3 Å². The molecule has 122 valence electrons. The summed E-state index contributed by atoms with van der Waals surface area (Å²) in [6, 6.07) is 0. The highest BCUT2D eigenvalue weighted by molar-refractivity contribution is 5.07. The Labute approximate surface area is 133 Å². The molecule has 0 heteroatoms. The summed E-state index contributed by atoms with van der Waals surface area (Å²) in [4.78, 5) is 0. The van der Waals surface area contributed by atoms with E-state index in [1.54, 1.807) is 0 Å². The zero-order chi connectivity index (χ0) is 15.6. The fourth-order valence-corrected chi connectivity index (χ4v) is 7.08. The highest BCUT2D eigenvalue weighted by atomic mass is 14.6. The van der Waals surface area contributed by atoms with Gasteiger partial charge in [0.15, 0.2) is 0 Å². The van der Waals surface area contributed by atoms with Crippen molar-refractivity contribution in [2.75, 3.05) is 0 Å². The van der Waals surface area contributed by atoms with Crippen LogP contribution in [0.2, 0.25) is 0 Å². The van der Waals surface area contributed by atoms with Crippen LogP contribution in [0.4, 0.5) is 0 Å². The summed E-state index contributed by atoms with van der Waals surface area (Å²) in [7, 11) is 0. The fourth-order valence-electron chi connectivity index (χ4n) is 7.08. The van der Waals surface area contributed by atoms with E-state index in [9.17, 15) is 0 Å². The van der Waals surface area contributed by atoms with Crippen LogP contribution < -0.4 is 0 Å². The van der Waals surface area contributed by atoms with E-state index in [1.165, 1.54) is 32.1 Å². The average Bonchev–Trinajstić information content (AvgIpc) is 2.92. The Morgan fingerprint density at radius 1 is 1.05 bits per heavy atom. The Bertz CT molecular complexity index is 395. The molecule has 3 rings (SSSR count). The van der Waals surface area contributed by atoms with Gasteiger partial charge in [-0.3, -0.25) is 0 Å². The molecule has 0 aliphatic heterocycles. The molecule has 0 radical (unpaired) electrons. The summed E-state index contributed by atoms with van der Waals surface area (Å²) in [5.41, 5.74) is 1.38. The molecule has 0 nitrogen and oxygen atoms in total. The van der Waals surface area contributed by atoms with E-state index in [-0.39, 0.29) is 0 Å². The van der Waals surface area contributed by atoms with Gasteiger partial charge in [0.1, 0.15) is 0 Å². The van der Waals surface area contributed by atoms with Crippen LogP contribution in [0.5, 0.6) is 0 Å². The molecule has 9 unspecified atom stereocenters. The van der Waals surface area contributed by atoms with Gasteiger partial charge in [-0.15, -0.1) is 0 Å². The minimum Gasteiger partial charge on any atom is -0.0648 e. The molecular weight excluding hydrogens is 252 g/mol. The van der Waals surface area contributed by atoms with Crippen LogP contribution in [0.3, 0.4) is 0 Å². The molecule has 0 aromatic rings. The lowest BCUT2D eigenvalue weighted by Gasteiger charge is -2.40. The number of hydrogen-bond donors (Lipinski definition) is 0. The number of rotatable bonds is 5. The van der Waals surface area contributed by atoms with Crippen LogP contribution in [0.15, 0.2) is 0 Å². The topological polar surface area (TPSA) is 0 Å². The highest BCUT2D eigenvalue weighted by Crippen LogP contribution is 2.66. The number of fused-ring (bicyclic) bond motifs is 2. The van der Waals surface area contributed by atoms with Gasteiger partial charge in [-0.2, -0.15) is 0 Å². The lowest BCUT2D eigenvalue weighted by molar-refractivity contribution is 0.0866. The predicted molar refractivity (Wildman–Crippen MR) is 92.1 cm³/mol. The van der Waals surface area contributed by atoms with Gasteiger partial charge in [-0.25, -0.2) is 0 Å². The lowest BCUT2D eigenvalue weighted by atomic mass is 9.65. The zero-order valence-corrected chi connectivity index (χ0v) is 15.6. The number of hydrogen-bond acceptors (Lipinski definition) is 0. The first-order valence-corrected chi connectivity index (χ1v) is 9.75. The molecular formula is C21H38. The maximum atomic E-state index is 2.58.